The molecule has 0 aliphatic rings. The monoisotopic (exact) mass is 216 g/mol. The second-order valence-corrected chi connectivity index (χ2v) is 5.00. The molecule has 0 spiro atoms. The van der Waals surface area contributed by atoms with Crippen molar-refractivity contribution in [1.82, 2.24) is 10.9 Å². The van der Waals surface area contributed by atoms with Gasteiger partial charge in [0.05, 0.1) is 6.61 Å². The van der Waals surface area contributed by atoms with Gasteiger partial charge in [-0.15, -0.1) is 0 Å². The zero-order valence-electron chi connectivity index (χ0n) is 7.00. The fourth-order valence-corrected chi connectivity index (χ4v) is 0.895. The normalized spacial score (nSPS) is 14.6. The maximum atomic E-state index is 10.6. The lowest BCUT2D eigenvalue weighted by Gasteiger charge is -2.09. The van der Waals surface area contributed by atoms with Gasteiger partial charge in [-0.25, -0.2) is 8.42 Å². The van der Waals surface area contributed by atoms with E-state index in [1.807, 2.05) is 0 Å². The molecule has 0 fully saturated rings. The average Bonchev–Trinajstić information content (AvgIpc) is 1.96. The minimum Gasteiger partial charge on any atom is -0.360 e. The number of ether oxygens (including phenoxy) is 1. The summed E-state index contributed by atoms with van der Waals surface area (Å²) in [5.41, 5.74) is 4.45. The van der Waals surface area contributed by atoms with Crippen molar-refractivity contribution < 1.29 is 13.2 Å². The number of halogens is 1. The van der Waals surface area contributed by atoms with E-state index >= 15 is 0 Å². The molecule has 0 amide bonds. The summed E-state index contributed by atoms with van der Waals surface area (Å²) in [7, 11) is 3.13. The molecular weight excluding hydrogens is 204 g/mol. The van der Waals surface area contributed by atoms with E-state index < -0.39 is 14.5 Å². The largest absolute Gasteiger partial charge is 0.360 e. The number of hydrazine groups is 1. The predicted molar refractivity (Wildman–Crippen MR) is 47.2 cm³/mol. The Labute approximate surface area is 76.8 Å². The van der Waals surface area contributed by atoms with E-state index in [9.17, 15) is 8.42 Å². The molecule has 0 saturated heterocycles. The maximum absolute atomic E-state index is 10.6. The topological polar surface area (TPSA) is 67.4 Å². The minimum absolute atomic E-state index is 0.286. The van der Waals surface area contributed by atoms with E-state index in [0.29, 0.717) is 6.54 Å². The van der Waals surface area contributed by atoms with E-state index in [4.69, 9.17) is 15.4 Å². The quantitative estimate of drug-likeness (QED) is 0.361. The molecule has 0 aliphatic carbocycles. The Morgan fingerprint density at radius 1 is 1.58 bits per heavy atom. The van der Waals surface area contributed by atoms with Gasteiger partial charge in [0.25, 0.3) is 9.05 Å². The molecule has 0 aliphatic heterocycles. The van der Waals surface area contributed by atoms with Crippen LogP contribution < -0.4 is 10.9 Å². The molecule has 74 valence electrons. The standard InChI is InChI=1S/C5H13ClN2O3S/c1-5(12(6,9)10)11-4-3-8-7-2/h5,7-8H,3-4H2,1-2H3. The van der Waals surface area contributed by atoms with Crippen LogP contribution in [0.4, 0.5) is 0 Å². The van der Waals surface area contributed by atoms with Crippen LogP contribution in [-0.2, 0) is 13.8 Å². The molecule has 0 aromatic rings. The molecule has 1 unspecified atom stereocenters. The van der Waals surface area contributed by atoms with Gasteiger partial charge < -0.3 is 4.74 Å². The van der Waals surface area contributed by atoms with Gasteiger partial charge in [-0.3, -0.25) is 10.9 Å². The Balaban J connectivity index is 3.52. The first kappa shape index (κ1) is 12.1. The third-order valence-corrected chi connectivity index (χ3v) is 2.83. The van der Waals surface area contributed by atoms with Crippen LogP contribution in [0.25, 0.3) is 0 Å². The summed E-state index contributed by atoms with van der Waals surface area (Å²) in [6.45, 7) is 2.20. The van der Waals surface area contributed by atoms with Gasteiger partial charge in [-0.05, 0) is 14.0 Å². The highest BCUT2D eigenvalue weighted by molar-refractivity contribution is 8.14. The number of hydrogen-bond acceptors (Lipinski definition) is 5. The highest BCUT2D eigenvalue weighted by Crippen LogP contribution is 2.06. The van der Waals surface area contributed by atoms with Crippen LogP contribution in [0.2, 0.25) is 0 Å². The van der Waals surface area contributed by atoms with Crippen molar-refractivity contribution in [3.05, 3.63) is 0 Å². The number of nitrogens with one attached hydrogen (secondary N) is 2. The number of rotatable bonds is 6. The van der Waals surface area contributed by atoms with Crippen LogP contribution in [0.1, 0.15) is 6.92 Å². The first-order valence-corrected chi connectivity index (χ1v) is 5.80. The molecular formula is C5H13ClN2O3S. The summed E-state index contributed by atoms with van der Waals surface area (Å²) in [6, 6.07) is 0. The van der Waals surface area contributed by atoms with Crippen LogP contribution in [0, 0.1) is 0 Å². The smallest absolute Gasteiger partial charge is 0.259 e. The van der Waals surface area contributed by atoms with E-state index in [0.717, 1.165) is 0 Å². The van der Waals surface area contributed by atoms with E-state index in [1.54, 1.807) is 7.05 Å². The van der Waals surface area contributed by atoms with Gasteiger partial charge in [0.15, 0.2) is 5.44 Å². The zero-order valence-corrected chi connectivity index (χ0v) is 8.57. The second kappa shape index (κ2) is 5.71. The molecule has 0 bridgehead atoms. The summed E-state index contributed by atoms with van der Waals surface area (Å²) >= 11 is 0. The zero-order chi connectivity index (χ0) is 9.61. The summed E-state index contributed by atoms with van der Waals surface area (Å²) in [5.74, 6) is 0. The van der Waals surface area contributed by atoms with Crippen molar-refractivity contribution in [3.8, 4) is 0 Å². The summed E-state index contributed by atoms with van der Waals surface area (Å²) in [6.07, 6.45) is 0. The van der Waals surface area contributed by atoms with Gasteiger partial charge in [0.2, 0.25) is 0 Å². The number of hydrogen-bond donors (Lipinski definition) is 2. The lowest BCUT2D eigenvalue weighted by atomic mass is 10.7. The molecule has 2 N–H and O–H groups in total. The van der Waals surface area contributed by atoms with E-state index in [1.165, 1.54) is 6.92 Å². The van der Waals surface area contributed by atoms with Gasteiger partial charge in [-0.2, -0.15) is 0 Å². The molecule has 0 rings (SSSR count). The predicted octanol–water partition coefficient (Wildman–Crippen LogP) is -0.358. The van der Waals surface area contributed by atoms with Crippen molar-refractivity contribution in [1.29, 1.82) is 0 Å². The van der Waals surface area contributed by atoms with Gasteiger partial charge >= 0.3 is 0 Å². The van der Waals surface area contributed by atoms with Crippen LogP contribution in [0.5, 0.6) is 0 Å². The molecule has 5 nitrogen and oxygen atoms in total. The lowest BCUT2D eigenvalue weighted by molar-refractivity contribution is 0.118. The summed E-state index contributed by atoms with van der Waals surface area (Å²) in [4.78, 5) is 0. The molecule has 0 aromatic heterocycles. The van der Waals surface area contributed by atoms with E-state index in [-0.39, 0.29) is 6.61 Å². The minimum atomic E-state index is -3.59. The van der Waals surface area contributed by atoms with Crippen LogP contribution in [0.3, 0.4) is 0 Å². The van der Waals surface area contributed by atoms with Gasteiger partial charge in [0.1, 0.15) is 0 Å². The highest BCUT2D eigenvalue weighted by Gasteiger charge is 2.16. The van der Waals surface area contributed by atoms with Crippen LogP contribution >= 0.6 is 10.7 Å². The maximum Gasteiger partial charge on any atom is 0.259 e. The van der Waals surface area contributed by atoms with Gasteiger partial charge in [0, 0.05) is 17.2 Å². The van der Waals surface area contributed by atoms with Crippen molar-refractivity contribution in [2.24, 2.45) is 0 Å². The van der Waals surface area contributed by atoms with Gasteiger partial charge in [-0.1, -0.05) is 0 Å². The molecule has 0 radical (unpaired) electrons. The third-order valence-electron chi connectivity index (χ3n) is 1.15. The van der Waals surface area contributed by atoms with Crippen LogP contribution in [-0.4, -0.2) is 34.1 Å². The Kier molecular flexibility index (Phi) is 5.77. The summed E-state index contributed by atoms with van der Waals surface area (Å²) < 4.78 is 26.1. The molecule has 1 atom stereocenters. The third kappa shape index (κ3) is 5.73. The van der Waals surface area contributed by atoms with Crippen LogP contribution in [0.15, 0.2) is 0 Å². The average molecular weight is 217 g/mol. The first-order chi connectivity index (χ1) is 5.48. The van der Waals surface area contributed by atoms with Crippen molar-refractivity contribution in [2.45, 2.75) is 12.4 Å². The molecule has 0 heterocycles. The fraction of sp³-hybridized carbons (Fsp3) is 1.00. The molecule has 12 heavy (non-hydrogen) atoms. The van der Waals surface area contributed by atoms with Crippen molar-refractivity contribution in [3.63, 3.8) is 0 Å². The first-order valence-electron chi connectivity index (χ1n) is 3.43. The van der Waals surface area contributed by atoms with Crippen molar-refractivity contribution in [2.75, 3.05) is 20.2 Å². The Bertz CT molecular complexity index is 207. The fourth-order valence-electron chi connectivity index (χ4n) is 0.482. The Morgan fingerprint density at radius 3 is 2.58 bits per heavy atom. The SMILES string of the molecule is CNNCCOC(C)S(=O)(=O)Cl. The van der Waals surface area contributed by atoms with Crippen molar-refractivity contribution >= 4 is 19.7 Å². The van der Waals surface area contributed by atoms with E-state index in [2.05, 4.69) is 10.9 Å². The highest BCUT2D eigenvalue weighted by atomic mass is 35.7. The lowest BCUT2D eigenvalue weighted by Crippen LogP contribution is -2.32. The summed E-state index contributed by atoms with van der Waals surface area (Å²) in [5, 5.41) is 0. The Hall–Kier alpha value is 0.120. The molecule has 0 saturated carbocycles. The molecule has 0 aromatic carbocycles. The Morgan fingerprint density at radius 2 is 2.17 bits per heavy atom. The molecule has 7 heteroatoms. The second-order valence-electron chi connectivity index (χ2n) is 2.09.